The van der Waals surface area contributed by atoms with Gasteiger partial charge in [0.15, 0.2) is 0 Å². The van der Waals surface area contributed by atoms with E-state index in [1.807, 2.05) is 38.6 Å². The van der Waals surface area contributed by atoms with Crippen molar-refractivity contribution >= 4 is 29.1 Å². The van der Waals surface area contributed by atoms with Crippen LogP contribution in [-0.4, -0.2) is 50.8 Å². The molecule has 3 rings (SSSR count). The van der Waals surface area contributed by atoms with Crippen LogP contribution in [0.4, 0.5) is 11.6 Å². The van der Waals surface area contributed by atoms with Gasteiger partial charge < -0.3 is 15.0 Å². The molecule has 0 aliphatic heterocycles. The smallest absolute Gasteiger partial charge is 0.253 e. The summed E-state index contributed by atoms with van der Waals surface area (Å²) >= 11 is 6.34. The summed E-state index contributed by atoms with van der Waals surface area (Å²) < 4.78 is 7.34. The average Bonchev–Trinajstić information content (AvgIpc) is 3.26. The Bertz CT molecular complexity index is 1060. The third-order valence-corrected chi connectivity index (χ3v) is 5.17. The monoisotopic (exact) mass is 442 g/mol. The summed E-state index contributed by atoms with van der Waals surface area (Å²) in [5.41, 5.74) is 2.59. The quantitative estimate of drug-likeness (QED) is 0.538. The molecule has 0 unspecified atom stereocenters. The van der Waals surface area contributed by atoms with Crippen molar-refractivity contribution in [3.63, 3.8) is 0 Å². The van der Waals surface area contributed by atoms with Crippen LogP contribution < -0.4 is 10.1 Å². The van der Waals surface area contributed by atoms with E-state index < -0.39 is 0 Å². The van der Waals surface area contributed by atoms with Crippen LogP contribution in [-0.2, 0) is 0 Å². The first-order valence-corrected chi connectivity index (χ1v) is 10.6. The van der Waals surface area contributed by atoms with Gasteiger partial charge in [-0.1, -0.05) is 11.6 Å². The summed E-state index contributed by atoms with van der Waals surface area (Å²) in [6.07, 6.45) is 5.17. The molecule has 1 aromatic carbocycles. The SMILES string of the molecule is CCN(CC)C(=O)c1ccc(Nc2ncc(Cl)c(-c3cnn(C(C)C)c3)n2)c(OC)c1. The van der Waals surface area contributed by atoms with Crippen molar-refractivity contribution in [3.05, 3.63) is 47.4 Å². The van der Waals surface area contributed by atoms with E-state index in [9.17, 15) is 4.79 Å². The molecule has 0 fully saturated rings. The van der Waals surface area contributed by atoms with Crippen molar-refractivity contribution in [1.29, 1.82) is 0 Å². The Kier molecular flexibility index (Phi) is 7.12. The summed E-state index contributed by atoms with van der Waals surface area (Å²) in [6.45, 7) is 9.29. The van der Waals surface area contributed by atoms with E-state index in [-0.39, 0.29) is 11.9 Å². The van der Waals surface area contributed by atoms with E-state index in [0.717, 1.165) is 5.56 Å². The minimum atomic E-state index is -0.0398. The summed E-state index contributed by atoms with van der Waals surface area (Å²) in [7, 11) is 1.56. The molecular weight excluding hydrogens is 416 g/mol. The van der Waals surface area contributed by atoms with Crippen LogP contribution in [0.5, 0.6) is 5.75 Å². The number of aromatic nitrogens is 4. The van der Waals surface area contributed by atoms with Crippen molar-refractivity contribution in [2.24, 2.45) is 0 Å². The number of nitrogens with zero attached hydrogens (tertiary/aromatic N) is 5. The van der Waals surface area contributed by atoms with Crippen molar-refractivity contribution < 1.29 is 9.53 Å². The van der Waals surface area contributed by atoms with E-state index in [0.29, 0.717) is 46.8 Å². The van der Waals surface area contributed by atoms with Crippen LogP contribution in [0.1, 0.15) is 44.1 Å². The van der Waals surface area contributed by atoms with Crippen molar-refractivity contribution in [3.8, 4) is 17.0 Å². The van der Waals surface area contributed by atoms with E-state index in [1.54, 1.807) is 42.6 Å². The Labute approximate surface area is 187 Å². The highest BCUT2D eigenvalue weighted by molar-refractivity contribution is 6.32. The first-order valence-electron chi connectivity index (χ1n) is 10.2. The number of nitrogens with one attached hydrogen (secondary N) is 1. The maximum absolute atomic E-state index is 12.6. The van der Waals surface area contributed by atoms with Gasteiger partial charge in [-0.05, 0) is 45.9 Å². The molecule has 0 saturated carbocycles. The average molecular weight is 443 g/mol. The summed E-state index contributed by atoms with van der Waals surface area (Å²) in [5, 5.41) is 7.94. The second-order valence-electron chi connectivity index (χ2n) is 7.21. The van der Waals surface area contributed by atoms with Gasteiger partial charge >= 0.3 is 0 Å². The molecule has 3 aromatic rings. The first kappa shape index (κ1) is 22.6. The topological polar surface area (TPSA) is 85.2 Å². The van der Waals surface area contributed by atoms with Crippen molar-refractivity contribution in [1.82, 2.24) is 24.6 Å². The minimum Gasteiger partial charge on any atom is -0.495 e. The van der Waals surface area contributed by atoms with E-state index in [4.69, 9.17) is 16.3 Å². The summed E-state index contributed by atoms with van der Waals surface area (Å²) in [4.78, 5) is 23.2. The second-order valence-corrected chi connectivity index (χ2v) is 7.62. The third kappa shape index (κ3) is 4.96. The number of hydrogen-bond donors (Lipinski definition) is 1. The molecule has 0 saturated heterocycles. The zero-order valence-electron chi connectivity index (χ0n) is 18.4. The number of carbonyl (C=O) groups excluding carboxylic acids is 1. The molecule has 1 amide bonds. The zero-order chi connectivity index (χ0) is 22.5. The Morgan fingerprint density at radius 2 is 2.00 bits per heavy atom. The highest BCUT2D eigenvalue weighted by Crippen LogP contribution is 2.31. The number of methoxy groups -OCH3 is 1. The van der Waals surface area contributed by atoms with Gasteiger partial charge in [-0.25, -0.2) is 9.97 Å². The zero-order valence-corrected chi connectivity index (χ0v) is 19.1. The molecule has 8 nitrogen and oxygen atoms in total. The summed E-state index contributed by atoms with van der Waals surface area (Å²) in [5.74, 6) is 0.839. The van der Waals surface area contributed by atoms with Gasteiger partial charge in [0.05, 0.1) is 35.9 Å². The lowest BCUT2D eigenvalue weighted by Gasteiger charge is -2.19. The molecule has 0 aliphatic rings. The Balaban J connectivity index is 1.89. The molecule has 0 aliphatic carbocycles. The number of halogens is 1. The molecule has 0 spiro atoms. The fraction of sp³-hybridized carbons (Fsp3) is 0.364. The van der Waals surface area contributed by atoms with Crippen LogP contribution in [0.3, 0.4) is 0 Å². The molecule has 9 heteroatoms. The van der Waals surface area contributed by atoms with Gasteiger partial charge in [0.1, 0.15) is 5.75 Å². The first-order chi connectivity index (χ1) is 14.9. The summed E-state index contributed by atoms with van der Waals surface area (Å²) in [6, 6.07) is 5.49. The van der Waals surface area contributed by atoms with Gasteiger partial charge in [-0.2, -0.15) is 5.10 Å². The van der Waals surface area contributed by atoms with Gasteiger partial charge in [0.25, 0.3) is 5.91 Å². The molecule has 0 atom stereocenters. The van der Waals surface area contributed by atoms with Crippen LogP contribution in [0, 0.1) is 0 Å². The Morgan fingerprint density at radius 3 is 2.61 bits per heavy atom. The molecule has 2 heterocycles. The third-order valence-electron chi connectivity index (χ3n) is 4.89. The fourth-order valence-electron chi connectivity index (χ4n) is 3.11. The van der Waals surface area contributed by atoms with E-state index >= 15 is 0 Å². The number of amides is 1. The number of ether oxygens (including phenoxy) is 1. The van der Waals surface area contributed by atoms with Gasteiger partial charge in [-0.15, -0.1) is 0 Å². The normalized spacial score (nSPS) is 10.9. The minimum absolute atomic E-state index is 0.0398. The molecule has 31 heavy (non-hydrogen) atoms. The van der Waals surface area contributed by atoms with Crippen molar-refractivity contribution in [2.45, 2.75) is 33.7 Å². The highest BCUT2D eigenvalue weighted by atomic mass is 35.5. The fourth-order valence-corrected chi connectivity index (χ4v) is 3.31. The van der Waals surface area contributed by atoms with Gasteiger partial charge in [-0.3, -0.25) is 9.48 Å². The van der Waals surface area contributed by atoms with Crippen LogP contribution in [0.2, 0.25) is 5.02 Å². The maximum atomic E-state index is 12.6. The molecule has 0 radical (unpaired) electrons. The molecular formula is C22H27ClN6O2. The lowest BCUT2D eigenvalue weighted by Crippen LogP contribution is -2.30. The van der Waals surface area contributed by atoms with E-state index in [1.165, 1.54) is 0 Å². The van der Waals surface area contributed by atoms with Gasteiger partial charge in [0, 0.05) is 36.5 Å². The number of anilines is 2. The van der Waals surface area contributed by atoms with Gasteiger partial charge in [0.2, 0.25) is 5.95 Å². The standard InChI is InChI=1S/C22H27ClN6O2/c1-6-28(7-2)21(30)15-8-9-18(19(10-15)31-5)26-22-24-12-17(23)20(27-22)16-11-25-29(13-16)14(3)4/h8-14H,6-7H2,1-5H3,(H,24,26,27). The second kappa shape index (κ2) is 9.78. The predicted molar refractivity (Wildman–Crippen MR) is 122 cm³/mol. The maximum Gasteiger partial charge on any atom is 0.253 e. The number of benzene rings is 1. The lowest BCUT2D eigenvalue weighted by atomic mass is 10.1. The van der Waals surface area contributed by atoms with Crippen molar-refractivity contribution in [2.75, 3.05) is 25.5 Å². The Morgan fingerprint density at radius 1 is 1.26 bits per heavy atom. The Hall–Kier alpha value is -3.13. The highest BCUT2D eigenvalue weighted by Gasteiger charge is 2.16. The van der Waals surface area contributed by atoms with Crippen LogP contribution in [0.25, 0.3) is 11.3 Å². The molecule has 1 N–H and O–H groups in total. The lowest BCUT2D eigenvalue weighted by molar-refractivity contribution is 0.0772. The number of rotatable bonds is 8. The number of hydrogen-bond acceptors (Lipinski definition) is 6. The van der Waals surface area contributed by atoms with E-state index in [2.05, 4.69) is 20.4 Å². The molecule has 2 aromatic heterocycles. The molecule has 0 bridgehead atoms. The number of carbonyl (C=O) groups is 1. The van der Waals surface area contributed by atoms with Crippen LogP contribution in [0.15, 0.2) is 36.8 Å². The largest absolute Gasteiger partial charge is 0.495 e. The predicted octanol–water partition coefficient (Wildman–Crippen LogP) is 4.81. The van der Waals surface area contributed by atoms with Crippen LogP contribution >= 0.6 is 11.6 Å². The molecule has 164 valence electrons.